The number of pyridine rings is 1. The molecule has 0 aliphatic carbocycles. The van der Waals surface area contributed by atoms with Gasteiger partial charge in [-0.05, 0) is 66.0 Å². The molecule has 1 heterocycles. The Balaban J connectivity index is 1.85. The van der Waals surface area contributed by atoms with Crippen molar-refractivity contribution in [1.29, 1.82) is 0 Å². The van der Waals surface area contributed by atoms with Gasteiger partial charge in [0.05, 0.1) is 0 Å². The second-order valence-corrected chi connectivity index (χ2v) is 6.98. The number of amides is 1. The van der Waals surface area contributed by atoms with Gasteiger partial charge in [0.25, 0.3) is 0 Å². The van der Waals surface area contributed by atoms with Crippen molar-refractivity contribution >= 4 is 22.7 Å². The average molecular weight is 362 g/mol. The Labute approximate surface area is 160 Å². The van der Waals surface area contributed by atoms with Crippen molar-refractivity contribution in [3.05, 3.63) is 70.9 Å². The van der Waals surface area contributed by atoms with Gasteiger partial charge < -0.3 is 4.74 Å². The Hall–Kier alpha value is -2.88. The van der Waals surface area contributed by atoms with Crippen molar-refractivity contribution in [2.24, 2.45) is 0 Å². The average Bonchev–Trinajstić information content (AvgIpc) is 2.67. The maximum atomic E-state index is 12.2. The first-order chi connectivity index (χ1) is 13.0. The molecule has 0 saturated heterocycles. The van der Waals surface area contributed by atoms with Crippen LogP contribution in [-0.4, -0.2) is 11.1 Å². The summed E-state index contributed by atoms with van der Waals surface area (Å²) in [7, 11) is 0. The van der Waals surface area contributed by atoms with Gasteiger partial charge in [-0.1, -0.05) is 44.2 Å². The normalized spacial score (nSPS) is 12.0. The van der Waals surface area contributed by atoms with Crippen LogP contribution in [0.3, 0.4) is 0 Å². The third-order valence-corrected chi connectivity index (χ3v) is 5.12. The van der Waals surface area contributed by atoms with Crippen molar-refractivity contribution in [2.75, 3.05) is 5.32 Å². The van der Waals surface area contributed by atoms with Crippen LogP contribution < -0.4 is 5.32 Å². The topological polar surface area (TPSA) is 51.2 Å². The number of hydrogen-bond acceptors (Lipinski definition) is 3. The highest BCUT2D eigenvalue weighted by Crippen LogP contribution is 2.34. The number of benzene rings is 2. The Kier molecular flexibility index (Phi) is 5.75. The monoisotopic (exact) mass is 362 g/mol. The van der Waals surface area contributed by atoms with E-state index in [-0.39, 0.29) is 6.61 Å². The summed E-state index contributed by atoms with van der Waals surface area (Å²) in [6, 6.07) is 13.7. The number of rotatable bonds is 5. The van der Waals surface area contributed by atoms with Gasteiger partial charge in [-0.3, -0.25) is 5.32 Å². The van der Waals surface area contributed by atoms with Gasteiger partial charge in [-0.2, -0.15) is 0 Å². The zero-order valence-corrected chi connectivity index (χ0v) is 16.4. The van der Waals surface area contributed by atoms with Gasteiger partial charge >= 0.3 is 6.09 Å². The summed E-state index contributed by atoms with van der Waals surface area (Å²) >= 11 is 0. The highest BCUT2D eigenvalue weighted by molar-refractivity contribution is 6.00. The standard InChI is InChI=1S/C23H26N2O2/c1-5-15(2)21-16(3)13-20-19(17(21)4)11-12-24-22(20)25-23(26)27-14-18-9-7-6-8-10-18/h6-13,15H,5,14H2,1-4H3,(H,24,25,26). The largest absolute Gasteiger partial charge is 0.444 e. The van der Waals surface area contributed by atoms with E-state index < -0.39 is 6.09 Å². The number of carbonyl (C=O) groups is 1. The molecule has 0 bridgehead atoms. The summed E-state index contributed by atoms with van der Waals surface area (Å²) in [4.78, 5) is 16.6. The molecular weight excluding hydrogens is 336 g/mol. The molecule has 3 rings (SSSR count). The van der Waals surface area contributed by atoms with E-state index in [2.05, 4.69) is 44.1 Å². The molecule has 1 N–H and O–H groups in total. The van der Waals surface area contributed by atoms with Crippen LogP contribution in [0.25, 0.3) is 10.8 Å². The fourth-order valence-corrected chi connectivity index (χ4v) is 3.60. The van der Waals surface area contributed by atoms with E-state index in [1.807, 2.05) is 36.4 Å². The smallest absolute Gasteiger partial charge is 0.413 e. The summed E-state index contributed by atoms with van der Waals surface area (Å²) in [6.07, 6.45) is 2.33. The molecule has 3 aromatic rings. The molecule has 0 aliphatic rings. The summed E-state index contributed by atoms with van der Waals surface area (Å²) in [6.45, 7) is 8.96. The lowest BCUT2D eigenvalue weighted by Gasteiger charge is -2.19. The zero-order valence-electron chi connectivity index (χ0n) is 16.4. The Morgan fingerprint density at radius 3 is 2.59 bits per heavy atom. The Morgan fingerprint density at radius 1 is 1.15 bits per heavy atom. The number of fused-ring (bicyclic) bond motifs is 1. The molecule has 0 spiro atoms. The summed E-state index contributed by atoms with van der Waals surface area (Å²) in [5.41, 5.74) is 4.81. The minimum atomic E-state index is -0.500. The van der Waals surface area contributed by atoms with Gasteiger partial charge in [0, 0.05) is 11.6 Å². The molecule has 140 valence electrons. The van der Waals surface area contributed by atoms with Gasteiger partial charge in [-0.25, -0.2) is 9.78 Å². The molecule has 0 saturated carbocycles. The van der Waals surface area contributed by atoms with E-state index in [1.54, 1.807) is 6.20 Å². The number of nitrogens with zero attached hydrogens (tertiary/aromatic N) is 1. The molecule has 1 amide bonds. The van der Waals surface area contributed by atoms with Crippen molar-refractivity contribution in [1.82, 2.24) is 4.98 Å². The molecule has 0 radical (unpaired) electrons. The second-order valence-electron chi connectivity index (χ2n) is 6.98. The molecule has 0 fully saturated rings. The third kappa shape index (κ3) is 4.11. The van der Waals surface area contributed by atoms with Crippen molar-refractivity contribution in [2.45, 2.75) is 46.6 Å². The van der Waals surface area contributed by atoms with E-state index in [1.165, 1.54) is 16.7 Å². The molecule has 2 aromatic carbocycles. The van der Waals surface area contributed by atoms with Gasteiger partial charge in [-0.15, -0.1) is 0 Å². The number of nitrogens with one attached hydrogen (secondary N) is 1. The maximum absolute atomic E-state index is 12.2. The number of aromatic nitrogens is 1. The Bertz CT molecular complexity index is 951. The molecule has 1 aromatic heterocycles. The number of carbonyl (C=O) groups excluding carboxylic acids is 1. The zero-order chi connectivity index (χ0) is 19.4. The van der Waals surface area contributed by atoms with Crippen LogP contribution in [0.15, 0.2) is 48.7 Å². The van der Waals surface area contributed by atoms with Crippen molar-refractivity contribution in [3.8, 4) is 0 Å². The van der Waals surface area contributed by atoms with E-state index in [0.29, 0.717) is 11.7 Å². The van der Waals surface area contributed by atoms with Crippen molar-refractivity contribution < 1.29 is 9.53 Å². The number of anilines is 1. The van der Waals surface area contributed by atoms with E-state index >= 15 is 0 Å². The highest BCUT2D eigenvalue weighted by Gasteiger charge is 2.16. The van der Waals surface area contributed by atoms with Gasteiger partial charge in [0.1, 0.15) is 12.4 Å². The molecule has 1 atom stereocenters. The highest BCUT2D eigenvalue weighted by atomic mass is 16.5. The van der Waals surface area contributed by atoms with Crippen LogP contribution in [0, 0.1) is 13.8 Å². The fraction of sp³-hybridized carbons (Fsp3) is 0.304. The molecule has 0 aliphatic heterocycles. The summed E-state index contributed by atoms with van der Waals surface area (Å²) in [5.74, 6) is 1.03. The van der Waals surface area contributed by atoms with Crippen molar-refractivity contribution in [3.63, 3.8) is 0 Å². The SMILES string of the molecule is CCC(C)c1c(C)cc2c(NC(=O)OCc3ccccc3)nccc2c1C. The first-order valence-electron chi connectivity index (χ1n) is 9.37. The summed E-state index contributed by atoms with van der Waals surface area (Å²) in [5, 5.41) is 4.86. The van der Waals surface area contributed by atoms with Crippen LogP contribution in [0.5, 0.6) is 0 Å². The fourth-order valence-electron chi connectivity index (χ4n) is 3.60. The van der Waals surface area contributed by atoms with Crippen LogP contribution in [-0.2, 0) is 11.3 Å². The molecule has 1 unspecified atom stereocenters. The predicted octanol–water partition coefficient (Wildman–Crippen LogP) is 6.11. The molecule has 4 nitrogen and oxygen atoms in total. The van der Waals surface area contributed by atoms with Crippen LogP contribution >= 0.6 is 0 Å². The number of aryl methyl sites for hydroxylation is 2. The van der Waals surface area contributed by atoms with Gasteiger partial charge in [0.15, 0.2) is 0 Å². The number of hydrogen-bond donors (Lipinski definition) is 1. The predicted molar refractivity (Wildman–Crippen MR) is 110 cm³/mol. The quantitative estimate of drug-likeness (QED) is 0.595. The minimum Gasteiger partial charge on any atom is -0.444 e. The lowest BCUT2D eigenvalue weighted by Crippen LogP contribution is -2.15. The summed E-state index contributed by atoms with van der Waals surface area (Å²) < 4.78 is 5.33. The molecule has 27 heavy (non-hydrogen) atoms. The van der Waals surface area contributed by atoms with E-state index in [0.717, 1.165) is 22.8 Å². The first kappa shape index (κ1) is 18.9. The molecular formula is C23H26N2O2. The minimum absolute atomic E-state index is 0.230. The molecule has 4 heteroatoms. The van der Waals surface area contributed by atoms with E-state index in [4.69, 9.17) is 4.74 Å². The number of ether oxygens (including phenoxy) is 1. The second kappa shape index (κ2) is 8.21. The maximum Gasteiger partial charge on any atom is 0.413 e. The van der Waals surface area contributed by atoms with E-state index in [9.17, 15) is 4.79 Å². The van der Waals surface area contributed by atoms with Crippen LogP contribution in [0.4, 0.5) is 10.6 Å². The van der Waals surface area contributed by atoms with Gasteiger partial charge in [0.2, 0.25) is 0 Å². The lowest BCUT2D eigenvalue weighted by molar-refractivity contribution is 0.155. The Morgan fingerprint density at radius 2 is 1.89 bits per heavy atom. The lowest BCUT2D eigenvalue weighted by atomic mass is 9.87. The first-order valence-corrected chi connectivity index (χ1v) is 9.37. The van der Waals surface area contributed by atoms with Crippen LogP contribution in [0.2, 0.25) is 0 Å². The van der Waals surface area contributed by atoms with Crippen LogP contribution in [0.1, 0.15) is 48.4 Å². The third-order valence-electron chi connectivity index (χ3n) is 5.12.